The summed E-state index contributed by atoms with van der Waals surface area (Å²) in [6, 6.07) is 9.74. The Balaban J connectivity index is 1.34. The molecule has 0 saturated carbocycles. The minimum Gasteiger partial charge on any atom is -0.478 e. The number of piperazine rings is 1. The highest BCUT2D eigenvalue weighted by Crippen LogP contribution is 2.32. The highest BCUT2D eigenvalue weighted by molar-refractivity contribution is 5.98. The summed E-state index contributed by atoms with van der Waals surface area (Å²) in [5.41, 5.74) is 3.35. The molecule has 0 bridgehead atoms. The van der Waals surface area contributed by atoms with Crippen LogP contribution < -0.4 is 20.3 Å². The van der Waals surface area contributed by atoms with Crippen LogP contribution in [0.4, 0.5) is 11.4 Å². The van der Waals surface area contributed by atoms with E-state index in [1.54, 1.807) is 19.3 Å². The Bertz CT molecular complexity index is 952. The summed E-state index contributed by atoms with van der Waals surface area (Å²) in [7, 11) is 1.60. The van der Waals surface area contributed by atoms with E-state index in [1.165, 1.54) is 0 Å². The highest BCUT2D eigenvalue weighted by atomic mass is 16.5. The fourth-order valence-electron chi connectivity index (χ4n) is 3.97. The summed E-state index contributed by atoms with van der Waals surface area (Å²) < 4.78 is 5.88. The van der Waals surface area contributed by atoms with Gasteiger partial charge in [0.05, 0.1) is 17.6 Å². The summed E-state index contributed by atoms with van der Waals surface area (Å²) in [6.07, 6.45) is 1.32. The Morgan fingerprint density at radius 2 is 2.00 bits per heavy atom. The second-order valence-corrected chi connectivity index (χ2v) is 8.35. The van der Waals surface area contributed by atoms with Gasteiger partial charge in [0.25, 0.3) is 11.8 Å². The van der Waals surface area contributed by atoms with Crippen LogP contribution in [0.15, 0.2) is 36.5 Å². The topological polar surface area (TPSA) is 86.8 Å². The number of pyridine rings is 1. The first-order chi connectivity index (χ1) is 14.9. The maximum Gasteiger partial charge on any atom is 0.269 e. The molecule has 0 unspecified atom stereocenters. The predicted molar refractivity (Wildman–Crippen MR) is 119 cm³/mol. The number of carbonyl (C=O) groups excluding carboxylic acids is 2. The molecule has 164 valence electrons. The van der Waals surface area contributed by atoms with Gasteiger partial charge in [0.1, 0.15) is 11.4 Å². The lowest BCUT2D eigenvalue weighted by Gasteiger charge is -2.36. The van der Waals surface area contributed by atoms with Crippen LogP contribution >= 0.6 is 0 Å². The molecule has 3 heterocycles. The van der Waals surface area contributed by atoms with Gasteiger partial charge in [-0.3, -0.25) is 14.5 Å². The van der Waals surface area contributed by atoms with E-state index in [0.29, 0.717) is 5.69 Å². The number of carbonyl (C=O) groups is 2. The van der Waals surface area contributed by atoms with E-state index in [0.717, 1.165) is 55.4 Å². The van der Waals surface area contributed by atoms with Crippen LogP contribution in [0.1, 0.15) is 29.9 Å². The Morgan fingerprint density at radius 3 is 2.65 bits per heavy atom. The number of aromatic nitrogens is 1. The maximum absolute atomic E-state index is 12.3. The Morgan fingerprint density at radius 1 is 1.23 bits per heavy atom. The summed E-state index contributed by atoms with van der Waals surface area (Å²) >= 11 is 0. The van der Waals surface area contributed by atoms with E-state index in [-0.39, 0.29) is 17.7 Å². The van der Waals surface area contributed by atoms with Crippen LogP contribution in [-0.4, -0.2) is 61.0 Å². The Kier molecular flexibility index (Phi) is 6.08. The Labute approximate surface area is 182 Å². The molecular formula is C23H29N5O3. The van der Waals surface area contributed by atoms with Gasteiger partial charge in [-0.25, -0.2) is 4.98 Å². The van der Waals surface area contributed by atoms with Crippen molar-refractivity contribution in [3.05, 3.63) is 47.8 Å². The molecule has 1 saturated heterocycles. The monoisotopic (exact) mass is 423 g/mol. The van der Waals surface area contributed by atoms with Crippen LogP contribution in [0.2, 0.25) is 0 Å². The first-order valence-electron chi connectivity index (χ1n) is 10.7. The molecule has 31 heavy (non-hydrogen) atoms. The van der Waals surface area contributed by atoms with E-state index in [1.807, 2.05) is 32.0 Å². The largest absolute Gasteiger partial charge is 0.478 e. The molecule has 8 heteroatoms. The number of hydrogen-bond acceptors (Lipinski definition) is 6. The second-order valence-electron chi connectivity index (χ2n) is 8.35. The van der Waals surface area contributed by atoms with E-state index in [4.69, 9.17) is 4.74 Å². The van der Waals surface area contributed by atoms with Crippen LogP contribution in [0.25, 0.3) is 0 Å². The van der Waals surface area contributed by atoms with Gasteiger partial charge in [0.15, 0.2) is 6.10 Å². The third kappa shape index (κ3) is 4.64. The zero-order valence-electron chi connectivity index (χ0n) is 18.2. The molecule has 8 nitrogen and oxygen atoms in total. The lowest BCUT2D eigenvalue weighted by atomic mass is 10.0. The molecule has 2 N–H and O–H groups in total. The number of amides is 2. The van der Waals surface area contributed by atoms with Crippen molar-refractivity contribution in [1.82, 2.24) is 15.2 Å². The first-order valence-corrected chi connectivity index (χ1v) is 10.7. The van der Waals surface area contributed by atoms with Crippen molar-refractivity contribution in [3.63, 3.8) is 0 Å². The zero-order valence-corrected chi connectivity index (χ0v) is 18.2. The number of benzene rings is 1. The van der Waals surface area contributed by atoms with E-state index >= 15 is 0 Å². The zero-order chi connectivity index (χ0) is 22.0. The fourth-order valence-corrected chi connectivity index (χ4v) is 3.97. The van der Waals surface area contributed by atoms with E-state index in [2.05, 4.69) is 31.5 Å². The van der Waals surface area contributed by atoms with Crippen molar-refractivity contribution in [2.45, 2.75) is 26.5 Å². The van der Waals surface area contributed by atoms with Crippen molar-refractivity contribution in [2.75, 3.05) is 43.4 Å². The van der Waals surface area contributed by atoms with Crippen molar-refractivity contribution in [1.29, 1.82) is 0 Å². The molecule has 0 spiro atoms. The first kappa shape index (κ1) is 21.1. The quantitative estimate of drug-likeness (QED) is 0.766. The van der Waals surface area contributed by atoms with Gasteiger partial charge in [-0.15, -0.1) is 0 Å². The summed E-state index contributed by atoms with van der Waals surface area (Å²) in [5, 5.41) is 5.57. The average molecular weight is 424 g/mol. The lowest BCUT2D eigenvalue weighted by Crippen LogP contribution is -2.46. The van der Waals surface area contributed by atoms with Crippen LogP contribution in [0.3, 0.4) is 0 Å². The summed E-state index contributed by atoms with van der Waals surface area (Å²) in [4.78, 5) is 32.9. The molecule has 1 fully saturated rings. The molecule has 2 aliphatic heterocycles. The minimum absolute atomic E-state index is 0.0793. The number of nitrogens with zero attached hydrogens (tertiary/aromatic N) is 3. The van der Waals surface area contributed by atoms with Gasteiger partial charge in [0, 0.05) is 39.8 Å². The molecular weight excluding hydrogens is 394 g/mol. The van der Waals surface area contributed by atoms with Gasteiger partial charge in [0.2, 0.25) is 0 Å². The molecule has 2 aliphatic rings. The standard InChI is InChI=1S/C23H29N5O3/c1-15(2)21-23(30)26-19-12-16(4-7-20(19)31-21)14-27-8-10-28(11-9-27)17-5-6-18(25-13-17)22(29)24-3/h4-7,12-13,15,21H,8-11,14H2,1-3H3,(H,24,29)(H,26,30)/t21-/m0/s1. The van der Waals surface area contributed by atoms with Gasteiger partial charge >= 0.3 is 0 Å². The number of anilines is 2. The summed E-state index contributed by atoms with van der Waals surface area (Å²) in [5.74, 6) is 0.603. The molecule has 0 aliphatic carbocycles. The third-order valence-electron chi connectivity index (χ3n) is 5.77. The molecule has 2 aromatic rings. The Hall–Kier alpha value is -3.13. The lowest BCUT2D eigenvalue weighted by molar-refractivity contribution is -0.125. The smallest absolute Gasteiger partial charge is 0.269 e. The van der Waals surface area contributed by atoms with Crippen molar-refractivity contribution >= 4 is 23.2 Å². The van der Waals surface area contributed by atoms with Gasteiger partial charge in [-0.2, -0.15) is 0 Å². The van der Waals surface area contributed by atoms with E-state index < -0.39 is 6.10 Å². The molecule has 1 atom stereocenters. The molecule has 2 amide bonds. The van der Waals surface area contributed by atoms with Gasteiger partial charge in [-0.1, -0.05) is 19.9 Å². The summed E-state index contributed by atoms with van der Waals surface area (Å²) in [6.45, 7) is 8.41. The molecule has 4 rings (SSSR count). The number of nitrogens with one attached hydrogen (secondary N) is 2. The van der Waals surface area contributed by atoms with E-state index in [9.17, 15) is 9.59 Å². The molecule has 0 radical (unpaired) electrons. The fraction of sp³-hybridized carbons (Fsp3) is 0.435. The number of fused-ring (bicyclic) bond motifs is 1. The minimum atomic E-state index is -0.439. The maximum atomic E-state index is 12.3. The SMILES string of the molecule is CNC(=O)c1ccc(N2CCN(Cc3ccc4c(c3)NC(=O)[C@H](C(C)C)O4)CC2)cn1. The van der Waals surface area contributed by atoms with Crippen molar-refractivity contribution in [3.8, 4) is 5.75 Å². The van der Waals surface area contributed by atoms with Gasteiger partial charge < -0.3 is 20.3 Å². The molecule has 1 aromatic carbocycles. The normalized spacial score (nSPS) is 18.9. The predicted octanol–water partition coefficient (Wildman–Crippen LogP) is 2.12. The number of hydrogen-bond donors (Lipinski definition) is 2. The molecule has 1 aromatic heterocycles. The average Bonchev–Trinajstić information content (AvgIpc) is 2.78. The third-order valence-corrected chi connectivity index (χ3v) is 5.77. The van der Waals surface area contributed by atoms with Crippen LogP contribution in [-0.2, 0) is 11.3 Å². The highest BCUT2D eigenvalue weighted by Gasteiger charge is 2.30. The van der Waals surface area contributed by atoms with Crippen molar-refractivity contribution in [2.24, 2.45) is 5.92 Å². The van der Waals surface area contributed by atoms with Crippen LogP contribution in [0.5, 0.6) is 5.75 Å². The van der Waals surface area contributed by atoms with Crippen molar-refractivity contribution < 1.29 is 14.3 Å². The van der Waals surface area contributed by atoms with Gasteiger partial charge in [-0.05, 0) is 35.7 Å². The van der Waals surface area contributed by atoms with Crippen LogP contribution in [0, 0.1) is 5.92 Å². The number of rotatable bonds is 5. The number of ether oxygens (including phenoxy) is 1. The second kappa shape index (κ2) is 8.93.